The molecule has 0 atom stereocenters. The molecular weight excluding hydrogens is 274 g/mol. The van der Waals surface area contributed by atoms with Gasteiger partial charge in [-0.15, -0.1) is 11.8 Å². The van der Waals surface area contributed by atoms with Gasteiger partial charge < -0.3 is 15.1 Å². The zero-order valence-corrected chi connectivity index (χ0v) is 12.6. The number of benzene rings is 1. The van der Waals surface area contributed by atoms with Crippen LogP contribution in [0.15, 0.2) is 29.2 Å². The number of thioether (sulfide) groups is 1. The van der Waals surface area contributed by atoms with E-state index in [1.807, 2.05) is 43.3 Å². The lowest BCUT2D eigenvalue weighted by atomic mass is 10.2. The summed E-state index contributed by atoms with van der Waals surface area (Å²) >= 11 is 1.52. The van der Waals surface area contributed by atoms with Gasteiger partial charge in [-0.1, -0.05) is 12.1 Å². The monoisotopic (exact) mass is 293 g/mol. The summed E-state index contributed by atoms with van der Waals surface area (Å²) in [7, 11) is 3.90. The maximum Gasteiger partial charge on any atom is 0.240 e. The summed E-state index contributed by atoms with van der Waals surface area (Å²) in [4.78, 5) is 28.5. The Morgan fingerprint density at radius 2 is 2.15 bits per heavy atom. The number of fused-ring (bicyclic) bond motifs is 1. The molecule has 0 saturated heterocycles. The van der Waals surface area contributed by atoms with Gasteiger partial charge in [0.25, 0.3) is 0 Å². The van der Waals surface area contributed by atoms with Crippen molar-refractivity contribution >= 4 is 29.3 Å². The minimum atomic E-state index is -0.123. The van der Waals surface area contributed by atoms with E-state index >= 15 is 0 Å². The summed E-state index contributed by atoms with van der Waals surface area (Å²) < 4.78 is 0. The molecule has 0 radical (unpaired) electrons. The average molecular weight is 293 g/mol. The Bertz CT molecular complexity index is 505. The number of para-hydroxylation sites is 1. The molecule has 108 valence electrons. The molecule has 2 amide bonds. The SMILES string of the molecule is CN(C)CCNC(=O)CN1C(=O)CSc2ccccc21. The topological polar surface area (TPSA) is 52.7 Å². The van der Waals surface area contributed by atoms with Gasteiger partial charge in [-0.2, -0.15) is 0 Å². The molecule has 0 aromatic heterocycles. The summed E-state index contributed by atoms with van der Waals surface area (Å²) in [5, 5.41) is 2.83. The highest BCUT2D eigenvalue weighted by molar-refractivity contribution is 8.00. The van der Waals surface area contributed by atoms with Crippen LogP contribution in [0.4, 0.5) is 5.69 Å². The fourth-order valence-corrected chi connectivity index (χ4v) is 2.88. The normalized spacial score (nSPS) is 14.3. The summed E-state index contributed by atoms with van der Waals surface area (Å²) in [6.45, 7) is 1.46. The first-order valence-corrected chi connectivity index (χ1v) is 7.50. The molecule has 1 aliphatic heterocycles. The van der Waals surface area contributed by atoms with Crippen LogP contribution in [-0.2, 0) is 9.59 Å². The van der Waals surface area contributed by atoms with Gasteiger partial charge in [-0.05, 0) is 26.2 Å². The molecule has 2 rings (SSSR count). The molecule has 6 heteroatoms. The van der Waals surface area contributed by atoms with Gasteiger partial charge in [-0.3, -0.25) is 9.59 Å². The van der Waals surface area contributed by atoms with Crippen LogP contribution in [0, 0.1) is 0 Å². The lowest BCUT2D eigenvalue weighted by Crippen LogP contribution is -2.44. The molecule has 1 aliphatic rings. The Kier molecular flexibility index (Phi) is 5.03. The maximum absolute atomic E-state index is 12.0. The van der Waals surface area contributed by atoms with Crippen molar-refractivity contribution in [3.8, 4) is 0 Å². The quantitative estimate of drug-likeness (QED) is 0.872. The number of carbonyl (C=O) groups is 2. The van der Waals surface area contributed by atoms with Crippen molar-refractivity contribution in [3.63, 3.8) is 0 Å². The highest BCUT2D eigenvalue weighted by atomic mass is 32.2. The average Bonchev–Trinajstić information content (AvgIpc) is 2.41. The summed E-state index contributed by atoms with van der Waals surface area (Å²) in [6, 6.07) is 7.68. The van der Waals surface area contributed by atoms with Gasteiger partial charge in [0.15, 0.2) is 0 Å². The molecule has 1 heterocycles. The third-order valence-corrected chi connectivity index (χ3v) is 4.04. The van der Waals surface area contributed by atoms with Gasteiger partial charge >= 0.3 is 0 Å². The number of hydrogen-bond acceptors (Lipinski definition) is 4. The van der Waals surface area contributed by atoms with E-state index in [-0.39, 0.29) is 18.4 Å². The zero-order valence-electron chi connectivity index (χ0n) is 11.8. The second-order valence-corrected chi connectivity index (χ2v) is 5.91. The standard InChI is InChI=1S/C14H19N3O2S/c1-16(2)8-7-15-13(18)9-17-11-5-3-4-6-12(11)20-10-14(17)19/h3-6H,7-10H2,1-2H3,(H,15,18). The van der Waals surface area contributed by atoms with Crippen LogP contribution in [0.3, 0.4) is 0 Å². The number of carbonyl (C=O) groups excluding carboxylic acids is 2. The minimum Gasteiger partial charge on any atom is -0.353 e. The molecule has 0 fully saturated rings. The van der Waals surface area contributed by atoms with Crippen molar-refractivity contribution in [2.75, 3.05) is 44.4 Å². The van der Waals surface area contributed by atoms with E-state index in [1.54, 1.807) is 4.90 Å². The molecule has 0 spiro atoms. The van der Waals surface area contributed by atoms with Crippen LogP contribution < -0.4 is 10.2 Å². The number of anilines is 1. The van der Waals surface area contributed by atoms with Crippen LogP contribution in [-0.4, -0.2) is 56.2 Å². The van der Waals surface area contributed by atoms with E-state index in [2.05, 4.69) is 5.32 Å². The third kappa shape index (κ3) is 3.74. The van der Waals surface area contributed by atoms with Crippen molar-refractivity contribution in [1.82, 2.24) is 10.2 Å². The number of hydrogen-bond donors (Lipinski definition) is 1. The number of nitrogens with one attached hydrogen (secondary N) is 1. The van der Waals surface area contributed by atoms with Gasteiger partial charge in [0, 0.05) is 18.0 Å². The van der Waals surface area contributed by atoms with Crippen LogP contribution in [0.1, 0.15) is 0 Å². The lowest BCUT2D eigenvalue weighted by molar-refractivity contribution is -0.123. The first-order valence-electron chi connectivity index (χ1n) is 6.51. The number of rotatable bonds is 5. The van der Waals surface area contributed by atoms with Crippen molar-refractivity contribution in [2.24, 2.45) is 0 Å². The van der Waals surface area contributed by atoms with Crippen molar-refractivity contribution < 1.29 is 9.59 Å². The Morgan fingerprint density at radius 3 is 2.90 bits per heavy atom. The molecule has 1 N–H and O–H groups in total. The van der Waals surface area contributed by atoms with Gasteiger partial charge in [0.1, 0.15) is 6.54 Å². The van der Waals surface area contributed by atoms with E-state index < -0.39 is 0 Å². The highest BCUT2D eigenvalue weighted by Crippen LogP contribution is 2.34. The molecule has 1 aromatic carbocycles. The second kappa shape index (κ2) is 6.76. The van der Waals surface area contributed by atoms with Crippen LogP contribution >= 0.6 is 11.8 Å². The largest absolute Gasteiger partial charge is 0.353 e. The molecule has 0 bridgehead atoms. The molecule has 20 heavy (non-hydrogen) atoms. The Balaban J connectivity index is 1.98. The number of amides is 2. The van der Waals surface area contributed by atoms with Crippen molar-refractivity contribution in [1.29, 1.82) is 0 Å². The number of likely N-dealkylation sites (N-methyl/N-ethyl adjacent to an activating group) is 1. The maximum atomic E-state index is 12.0. The van der Waals surface area contributed by atoms with E-state index in [4.69, 9.17) is 0 Å². The fraction of sp³-hybridized carbons (Fsp3) is 0.429. The van der Waals surface area contributed by atoms with E-state index in [0.717, 1.165) is 17.1 Å². The fourth-order valence-electron chi connectivity index (χ4n) is 1.95. The summed E-state index contributed by atoms with van der Waals surface area (Å²) in [6.07, 6.45) is 0. The van der Waals surface area contributed by atoms with E-state index in [0.29, 0.717) is 12.3 Å². The Labute approximate surface area is 123 Å². The van der Waals surface area contributed by atoms with Gasteiger partial charge in [0.2, 0.25) is 11.8 Å². The predicted molar refractivity (Wildman–Crippen MR) is 81.1 cm³/mol. The van der Waals surface area contributed by atoms with Crippen molar-refractivity contribution in [3.05, 3.63) is 24.3 Å². The molecule has 1 aromatic rings. The molecule has 0 aliphatic carbocycles. The van der Waals surface area contributed by atoms with E-state index in [1.165, 1.54) is 11.8 Å². The number of nitrogens with zero attached hydrogens (tertiary/aromatic N) is 2. The zero-order chi connectivity index (χ0) is 14.5. The Morgan fingerprint density at radius 1 is 1.40 bits per heavy atom. The van der Waals surface area contributed by atoms with Crippen LogP contribution in [0.25, 0.3) is 0 Å². The molecular formula is C14H19N3O2S. The van der Waals surface area contributed by atoms with Gasteiger partial charge in [0.05, 0.1) is 11.4 Å². The molecule has 5 nitrogen and oxygen atoms in total. The van der Waals surface area contributed by atoms with Crippen LogP contribution in [0.5, 0.6) is 0 Å². The smallest absolute Gasteiger partial charge is 0.240 e. The second-order valence-electron chi connectivity index (χ2n) is 4.89. The first kappa shape index (κ1) is 14.9. The highest BCUT2D eigenvalue weighted by Gasteiger charge is 2.25. The molecule has 0 saturated carbocycles. The Hall–Kier alpha value is -1.53. The first-order chi connectivity index (χ1) is 9.58. The minimum absolute atomic E-state index is 0.0172. The predicted octanol–water partition coefficient (Wildman–Crippen LogP) is 0.803. The van der Waals surface area contributed by atoms with E-state index in [9.17, 15) is 9.59 Å². The summed E-state index contributed by atoms with van der Waals surface area (Å²) in [5.41, 5.74) is 0.830. The lowest BCUT2D eigenvalue weighted by Gasteiger charge is -2.28. The van der Waals surface area contributed by atoms with Crippen LogP contribution in [0.2, 0.25) is 0 Å². The summed E-state index contributed by atoms with van der Waals surface area (Å²) in [5.74, 6) is 0.250. The van der Waals surface area contributed by atoms with Crippen molar-refractivity contribution in [2.45, 2.75) is 4.90 Å². The third-order valence-electron chi connectivity index (χ3n) is 2.99. The molecule has 0 unspecified atom stereocenters. The van der Waals surface area contributed by atoms with Gasteiger partial charge in [-0.25, -0.2) is 0 Å².